The van der Waals surface area contributed by atoms with Crippen LogP contribution in [0.2, 0.25) is 0 Å². The van der Waals surface area contributed by atoms with Gasteiger partial charge in [0.25, 0.3) is 0 Å². The second-order valence-electron chi connectivity index (χ2n) is 4.80. The molecule has 5 nitrogen and oxygen atoms in total. The SMILES string of the molecule is CC(F)(F)CCOCC(OC(F)(F)C(F)(F)S(=O)(=O)[O-])C(F)(F)F.CCF. The highest BCUT2D eigenvalue weighted by Gasteiger charge is 2.66. The van der Waals surface area contributed by atoms with Gasteiger partial charge < -0.3 is 9.29 Å². The standard InChI is InChI=1S/C9H11F9O5S.C2H5F/c1-6(10,11)2-3-22-4-5(7(12,13)14)23-8(15,16)9(17,18)24(19,20)21;1-2-3/h5H,2-4H2,1H3,(H,19,20,21);2H2,1H3/p-1. The van der Waals surface area contributed by atoms with Crippen LogP contribution in [-0.4, -0.2) is 62.4 Å². The van der Waals surface area contributed by atoms with Crippen LogP contribution in [0.15, 0.2) is 0 Å². The minimum atomic E-state index is -7.06. The summed E-state index contributed by atoms with van der Waals surface area (Å²) in [4.78, 5) is 0. The minimum Gasteiger partial charge on any atom is -0.743 e. The number of rotatable bonds is 9. The lowest BCUT2D eigenvalue weighted by Crippen LogP contribution is -2.53. The Morgan fingerprint density at radius 1 is 1.00 bits per heavy atom. The molecule has 16 heteroatoms. The van der Waals surface area contributed by atoms with Crippen molar-refractivity contribution in [2.24, 2.45) is 0 Å². The van der Waals surface area contributed by atoms with Gasteiger partial charge in [-0.1, -0.05) is 0 Å². The fraction of sp³-hybridized carbons (Fsp3) is 1.00. The summed E-state index contributed by atoms with van der Waals surface area (Å²) in [6.45, 7) is -1.40. The fourth-order valence-electron chi connectivity index (χ4n) is 1.03. The van der Waals surface area contributed by atoms with Gasteiger partial charge in [0.15, 0.2) is 16.2 Å². The van der Waals surface area contributed by atoms with Gasteiger partial charge in [0, 0.05) is 6.42 Å². The average molecular weight is 449 g/mol. The van der Waals surface area contributed by atoms with Gasteiger partial charge in [-0.25, -0.2) is 17.2 Å². The Labute approximate surface area is 147 Å². The van der Waals surface area contributed by atoms with Crippen LogP contribution in [0.5, 0.6) is 0 Å². The van der Waals surface area contributed by atoms with E-state index in [4.69, 9.17) is 0 Å². The lowest BCUT2D eigenvalue weighted by Gasteiger charge is -2.31. The highest BCUT2D eigenvalue weighted by Crippen LogP contribution is 2.41. The van der Waals surface area contributed by atoms with Crippen LogP contribution in [0, 0.1) is 0 Å². The summed E-state index contributed by atoms with van der Waals surface area (Å²) in [6, 6.07) is 0. The maximum Gasteiger partial charge on any atom is 0.434 e. The summed E-state index contributed by atoms with van der Waals surface area (Å²) in [7, 11) is -7.06. The molecule has 166 valence electrons. The molecule has 0 amide bonds. The molecule has 0 aromatic rings. The first-order valence-corrected chi connectivity index (χ1v) is 8.11. The third-order valence-corrected chi connectivity index (χ3v) is 3.13. The van der Waals surface area contributed by atoms with E-state index in [2.05, 4.69) is 9.47 Å². The molecule has 0 fully saturated rings. The summed E-state index contributed by atoms with van der Waals surface area (Å²) >= 11 is 0. The third-order valence-electron chi connectivity index (χ3n) is 2.26. The van der Waals surface area contributed by atoms with Crippen LogP contribution in [-0.2, 0) is 19.6 Å². The zero-order valence-corrected chi connectivity index (χ0v) is 14.5. The van der Waals surface area contributed by atoms with Crippen LogP contribution in [0.25, 0.3) is 0 Å². The molecular formula is C11H15F10O5S-. The maximum absolute atomic E-state index is 12.9. The van der Waals surface area contributed by atoms with Gasteiger partial charge >= 0.3 is 17.5 Å². The fourth-order valence-corrected chi connectivity index (χ4v) is 1.37. The Bertz CT molecular complexity index is 529. The van der Waals surface area contributed by atoms with Crippen molar-refractivity contribution in [2.45, 2.75) is 49.8 Å². The highest BCUT2D eigenvalue weighted by atomic mass is 32.2. The molecule has 0 rings (SSSR count). The molecule has 0 aromatic carbocycles. The number of hydrogen-bond acceptors (Lipinski definition) is 5. The lowest BCUT2D eigenvalue weighted by atomic mass is 10.3. The van der Waals surface area contributed by atoms with Gasteiger partial charge in [-0.15, -0.1) is 0 Å². The second kappa shape index (κ2) is 10.1. The molecule has 0 aliphatic rings. The first kappa shape index (κ1) is 28.3. The van der Waals surface area contributed by atoms with Crippen LogP contribution < -0.4 is 0 Å². The monoisotopic (exact) mass is 449 g/mol. The summed E-state index contributed by atoms with van der Waals surface area (Å²) in [5.74, 6) is -3.36. The molecule has 0 saturated heterocycles. The zero-order valence-electron chi connectivity index (χ0n) is 13.6. The largest absolute Gasteiger partial charge is 0.743 e. The number of ether oxygens (including phenoxy) is 2. The van der Waals surface area contributed by atoms with Gasteiger partial charge in [-0.3, -0.25) is 9.13 Å². The molecule has 0 bridgehead atoms. The Hall–Kier alpha value is -0.870. The van der Waals surface area contributed by atoms with Crippen molar-refractivity contribution in [3.63, 3.8) is 0 Å². The summed E-state index contributed by atoms with van der Waals surface area (Å²) in [5.41, 5.74) is 0. The van der Waals surface area contributed by atoms with Gasteiger partial charge in [-0.05, 0) is 13.8 Å². The minimum absolute atomic E-state index is 0.250. The van der Waals surface area contributed by atoms with Crippen molar-refractivity contribution in [3.8, 4) is 0 Å². The molecule has 0 aromatic heterocycles. The Morgan fingerprint density at radius 3 is 1.70 bits per heavy atom. The first-order valence-electron chi connectivity index (χ1n) is 6.70. The summed E-state index contributed by atoms with van der Waals surface area (Å²) in [6.07, 6.45) is -17.0. The summed E-state index contributed by atoms with van der Waals surface area (Å²) in [5, 5.41) is -6.50. The predicted molar refractivity (Wildman–Crippen MR) is 68.2 cm³/mol. The molecule has 0 saturated carbocycles. The van der Waals surface area contributed by atoms with Crippen molar-refractivity contribution in [1.82, 2.24) is 0 Å². The van der Waals surface area contributed by atoms with E-state index < -0.39 is 59.3 Å². The van der Waals surface area contributed by atoms with Crippen LogP contribution in [0.1, 0.15) is 20.3 Å². The molecule has 0 spiro atoms. The van der Waals surface area contributed by atoms with E-state index in [0.29, 0.717) is 6.92 Å². The van der Waals surface area contributed by atoms with E-state index in [0.717, 1.165) is 0 Å². The predicted octanol–water partition coefficient (Wildman–Crippen LogP) is 3.70. The normalized spacial score (nSPS) is 15.1. The van der Waals surface area contributed by atoms with Gasteiger partial charge in [0.1, 0.15) is 0 Å². The van der Waals surface area contributed by atoms with Crippen LogP contribution in [0.4, 0.5) is 43.9 Å². The maximum atomic E-state index is 12.9. The van der Waals surface area contributed by atoms with Gasteiger partial charge in [0.05, 0.1) is 19.9 Å². The molecule has 1 unspecified atom stereocenters. The third kappa shape index (κ3) is 10.3. The smallest absolute Gasteiger partial charge is 0.434 e. The topological polar surface area (TPSA) is 75.7 Å². The molecule has 27 heavy (non-hydrogen) atoms. The Balaban J connectivity index is 0. The van der Waals surface area contributed by atoms with Crippen LogP contribution in [0.3, 0.4) is 0 Å². The average Bonchev–Trinajstić information content (AvgIpc) is 2.39. The quantitative estimate of drug-likeness (QED) is 0.305. The van der Waals surface area contributed by atoms with E-state index in [-0.39, 0.29) is 6.67 Å². The van der Waals surface area contributed by atoms with E-state index in [9.17, 15) is 56.9 Å². The van der Waals surface area contributed by atoms with E-state index in [1.54, 1.807) is 0 Å². The molecular weight excluding hydrogens is 434 g/mol. The van der Waals surface area contributed by atoms with Crippen molar-refractivity contribution in [1.29, 1.82) is 0 Å². The van der Waals surface area contributed by atoms with Crippen molar-refractivity contribution in [3.05, 3.63) is 0 Å². The summed E-state index contributed by atoms with van der Waals surface area (Å²) < 4.78 is 161. The number of halogens is 10. The lowest BCUT2D eigenvalue weighted by molar-refractivity contribution is -0.375. The zero-order chi connectivity index (χ0) is 22.3. The highest BCUT2D eigenvalue weighted by molar-refractivity contribution is 7.86. The van der Waals surface area contributed by atoms with E-state index >= 15 is 0 Å². The van der Waals surface area contributed by atoms with E-state index in [1.807, 2.05) is 0 Å². The molecule has 0 radical (unpaired) electrons. The molecule has 0 aliphatic heterocycles. The van der Waals surface area contributed by atoms with Crippen molar-refractivity contribution >= 4 is 10.1 Å². The van der Waals surface area contributed by atoms with Crippen molar-refractivity contribution in [2.75, 3.05) is 19.9 Å². The molecule has 1 atom stereocenters. The molecule has 0 aliphatic carbocycles. The molecule has 0 heterocycles. The Morgan fingerprint density at radius 2 is 1.41 bits per heavy atom. The van der Waals surface area contributed by atoms with Crippen molar-refractivity contribution < 1.29 is 66.3 Å². The number of hydrogen-bond donors (Lipinski definition) is 0. The van der Waals surface area contributed by atoms with Gasteiger partial charge in [-0.2, -0.15) is 30.7 Å². The number of alkyl halides is 10. The van der Waals surface area contributed by atoms with Crippen LogP contribution >= 0.6 is 0 Å². The molecule has 0 N–H and O–H groups in total. The first-order chi connectivity index (χ1) is 11.7. The second-order valence-corrected chi connectivity index (χ2v) is 6.22. The van der Waals surface area contributed by atoms with Gasteiger partial charge in [0.2, 0.25) is 5.92 Å². The Kier molecular flexibility index (Phi) is 10.6. The van der Waals surface area contributed by atoms with E-state index in [1.165, 1.54) is 6.92 Å².